The Labute approximate surface area is 114 Å². The Morgan fingerprint density at radius 2 is 1.79 bits per heavy atom. The Morgan fingerprint density at radius 1 is 1.16 bits per heavy atom. The molecule has 4 heteroatoms. The molecule has 1 aromatic rings. The first-order valence-electron chi connectivity index (χ1n) is 6.63. The molecule has 0 spiro atoms. The monoisotopic (exact) mass is 262 g/mol. The van der Waals surface area contributed by atoms with E-state index < -0.39 is 0 Å². The number of primary amides is 1. The van der Waals surface area contributed by atoms with Gasteiger partial charge in [0.1, 0.15) is 0 Å². The molecule has 3 N–H and O–H groups in total. The molecule has 0 saturated heterocycles. The maximum atomic E-state index is 12.0. The Morgan fingerprint density at radius 3 is 2.32 bits per heavy atom. The molecule has 0 aliphatic carbocycles. The van der Waals surface area contributed by atoms with Crippen LogP contribution in [0.15, 0.2) is 30.3 Å². The second kappa shape index (κ2) is 7.56. The minimum absolute atomic E-state index is 0.157. The van der Waals surface area contributed by atoms with Gasteiger partial charge in [-0.15, -0.1) is 0 Å². The van der Waals surface area contributed by atoms with Gasteiger partial charge >= 0.3 is 0 Å². The minimum atomic E-state index is -0.387. The van der Waals surface area contributed by atoms with E-state index >= 15 is 0 Å². The van der Waals surface area contributed by atoms with Gasteiger partial charge in [-0.25, -0.2) is 0 Å². The number of carbonyl (C=O) groups is 2. The summed E-state index contributed by atoms with van der Waals surface area (Å²) in [6.45, 7) is 4.22. The first kappa shape index (κ1) is 15.2. The van der Waals surface area contributed by atoms with Crippen molar-refractivity contribution in [3.63, 3.8) is 0 Å². The van der Waals surface area contributed by atoms with Crippen molar-refractivity contribution in [3.05, 3.63) is 35.9 Å². The van der Waals surface area contributed by atoms with Crippen molar-refractivity contribution in [3.8, 4) is 0 Å². The fraction of sp³-hybridized carbons (Fsp3) is 0.467. The second-order valence-corrected chi connectivity index (χ2v) is 5.18. The SMILES string of the molecule is CC(C)CCC(CC(N)=O)NC(=O)c1ccccc1. The van der Waals surface area contributed by atoms with Crippen LogP contribution in [0.5, 0.6) is 0 Å². The highest BCUT2D eigenvalue weighted by Gasteiger charge is 2.16. The fourth-order valence-corrected chi connectivity index (χ4v) is 1.86. The molecular weight excluding hydrogens is 240 g/mol. The van der Waals surface area contributed by atoms with Gasteiger partial charge in [0.15, 0.2) is 0 Å². The number of benzene rings is 1. The summed E-state index contributed by atoms with van der Waals surface area (Å²) in [6.07, 6.45) is 1.90. The number of amides is 2. The van der Waals surface area contributed by atoms with Gasteiger partial charge in [-0.05, 0) is 30.9 Å². The van der Waals surface area contributed by atoms with Gasteiger partial charge in [0.2, 0.25) is 5.91 Å². The van der Waals surface area contributed by atoms with Gasteiger partial charge in [-0.2, -0.15) is 0 Å². The molecule has 1 unspecified atom stereocenters. The molecule has 1 atom stereocenters. The summed E-state index contributed by atoms with van der Waals surface area (Å²) in [5, 5.41) is 2.88. The molecular formula is C15H22N2O2. The number of rotatable bonds is 7. The lowest BCUT2D eigenvalue weighted by Crippen LogP contribution is -2.38. The van der Waals surface area contributed by atoms with E-state index in [1.165, 1.54) is 0 Å². The number of carbonyl (C=O) groups excluding carboxylic acids is 2. The van der Waals surface area contributed by atoms with Gasteiger partial charge in [0.05, 0.1) is 0 Å². The molecule has 0 radical (unpaired) electrons. The number of nitrogens with one attached hydrogen (secondary N) is 1. The maximum absolute atomic E-state index is 12.0. The van der Waals surface area contributed by atoms with Crippen LogP contribution in [0.1, 0.15) is 43.5 Å². The van der Waals surface area contributed by atoms with Crippen LogP contribution in [0, 0.1) is 5.92 Å². The second-order valence-electron chi connectivity index (χ2n) is 5.18. The third-order valence-electron chi connectivity index (χ3n) is 2.91. The van der Waals surface area contributed by atoms with Gasteiger partial charge in [0.25, 0.3) is 5.91 Å². The zero-order valence-corrected chi connectivity index (χ0v) is 11.6. The highest BCUT2D eigenvalue weighted by molar-refractivity contribution is 5.94. The molecule has 0 aliphatic rings. The predicted molar refractivity (Wildman–Crippen MR) is 75.6 cm³/mol. The minimum Gasteiger partial charge on any atom is -0.370 e. The van der Waals surface area contributed by atoms with Crippen LogP contribution in [0.3, 0.4) is 0 Å². The molecule has 4 nitrogen and oxygen atoms in total. The van der Waals surface area contributed by atoms with E-state index in [1.54, 1.807) is 12.1 Å². The third-order valence-corrected chi connectivity index (χ3v) is 2.91. The number of nitrogens with two attached hydrogens (primary N) is 1. The summed E-state index contributed by atoms with van der Waals surface area (Å²) in [5.41, 5.74) is 5.82. The highest BCUT2D eigenvalue weighted by Crippen LogP contribution is 2.10. The molecule has 1 aromatic carbocycles. The summed E-state index contributed by atoms with van der Waals surface area (Å²) in [4.78, 5) is 23.1. The van der Waals surface area contributed by atoms with Crippen molar-refractivity contribution in [1.82, 2.24) is 5.32 Å². The van der Waals surface area contributed by atoms with Crippen LogP contribution in [-0.2, 0) is 4.79 Å². The Kier molecular flexibility index (Phi) is 6.06. The van der Waals surface area contributed by atoms with Crippen molar-refractivity contribution in [2.45, 2.75) is 39.2 Å². The van der Waals surface area contributed by atoms with Crippen LogP contribution >= 0.6 is 0 Å². The summed E-state index contributed by atoms with van der Waals surface area (Å²) < 4.78 is 0. The van der Waals surface area contributed by atoms with E-state index in [2.05, 4.69) is 19.2 Å². The quantitative estimate of drug-likeness (QED) is 0.789. The van der Waals surface area contributed by atoms with Crippen molar-refractivity contribution in [2.75, 3.05) is 0 Å². The topological polar surface area (TPSA) is 72.2 Å². The first-order chi connectivity index (χ1) is 8.99. The van der Waals surface area contributed by atoms with Gasteiger partial charge in [-0.3, -0.25) is 9.59 Å². The van der Waals surface area contributed by atoms with E-state index in [4.69, 9.17) is 5.73 Å². The molecule has 0 aromatic heterocycles. The first-order valence-corrected chi connectivity index (χ1v) is 6.63. The van der Waals surface area contributed by atoms with E-state index in [0.717, 1.165) is 12.8 Å². The largest absolute Gasteiger partial charge is 0.370 e. The third kappa shape index (κ3) is 6.04. The summed E-state index contributed by atoms with van der Waals surface area (Å²) in [6, 6.07) is 8.79. The molecule has 2 amide bonds. The molecule has 0 heterocycles. The zero-order chi connectivity index (χ0) is 14.3. The molecule has 1 rings (SSSR count). The molecule has 0 fully saturated rings. The normalized spacial score (nSPS) is 12.2. The average molecular weight is 262 g/mol. The number of hydrogen-bond acceptors (Lipinski definition) is 2. The number of hydrogen-bond donors (Lipinski definition) is 2. The van der Waals surface area contributed by atoms with Crippen molar-refractivity contribution < 1.29 is 9.59 Å². The lowest BCUT2D eigenvalue weighted by Gasteiger charge is -2.18. The van der Waals surface area contributed by atoms with Crippen LogP contribution in [0.2, 0.25) is 0 Å². The Bertz CT molecular complexity index is 415. The average Bonchev–Trinajstić information content (AvgIpc) is 2.36. The molecule has 104 valence electrons. The van der Waals surface area contributed by atoms with E-state index in [0.29, 0.717) is 11.5 Å². The molecule has 0 aliphatic heterocycles. The zero-order valence-electron chi connectivity index (χ0n) is 11.6. The Balaban J connectivity index is 2.60. The molecule has 0 saturated carbocycles. The molecule has 19 heavy (non-hydrogen) atoms. The van der Waals surface area contributed by atoms with E-state index in [-0.39, 0.29) is 24.3 Å². The lowest BCUT2D eigenvalue weighted by atomic mass is 10.0. The van der Waals surface area contributed by atoms with Crippen LogP contribution in [0.25, 0.3) is 0 Å². The smallest absolute Gasteiger partial charge is 0.251 e. The fourth-order valence-electron chi connectivity index (χ4n) is 1.86. The van der Waals surface area contributed by atoms with Gasteiger partial charge < -0.3 is 11.1 Å². The summed E-state index contributed by atoms with van der Waals surface area (Å²) >= 11 is 0. The molecule has 0 bridgehead atoms. The van der Waals surface area contributed by atoms with Crippen molar-refractivity contribution in [1.29, 1.82) is 0 Å². The lowest BCUT2D eigenvalue weighted by molar-refractivity contribution is -0.118. The van der Waals surface area contributed by atoms with Gasteiger partial charge in [-0.1, -0.05) is 32.0 Å². The predicted octanol–water partition coefficient (Wildman–Crippen LogP) is 2.10. The van der Waals surface area contributed by atoms with E-state index in [1.807, 2.05) is 18.2 Å². The van der Waals surface area contributed by atoms with Crippen LogP contribution in [0.4, 0.5) is 0 Å². The van der Waals surface area contributed by atoms with E-state index in [9.17, 15) is 9.59 Å². The Hall–Kier alpha value is -1.84. The standard InChI is InChI=1S/C15H22N2O2/c1-11(2)8-9-13(10-14(16)18)17-15(19)12-6-4-3-5-7-12/h3-7,11,13H,8-10H2,1-2H3,(H2,16,18)(H,17,19). The van der Waals surface area contributed by atoms with Crippen molar-refractivity contribution in [2.24, 2.45) is 11.7 Å². The van der Waals surface area contributed by atoms with Gasteiger partial charge in [0, 0.05) is 18.0 Å². The van der Waals surface area contributed by atoms with Crippen LogP contribution in [-0.4, -0.2) is 17.9 Å². The maximum Gasteiger partial charge on any atom is 0.251 e. The van der Waals surface area contributed by atoms with Crippen molar-refractivity contribution >= 4 is 11.8 Å². The summed E-state index contributed by atoms with van der Waals surface area (Å²) in [5.74, 6) is -0.0123. The van der Waals surface area contributed by atoms with Crippen LogP contribution < -0.4 is 11.1 Å². The highest BCUT2D eigenvalue weighted by atomic mass is 16.2. The summed E-state index contributed by atoms with van der Waals surface area (Å²) in [7, 11) is 0.